The Hall–Kier alpha value is -1.66. The van der Waals surface area contributed by atoms with Gasteiger partial charge in [-0.15, -0.1) is 11.3 Å². The Kier molecular flexibility index (Phi) is 3.12. The Bertz CT molecular complexity index is 658. The third kappa shape index (κ3) is 2.41. The summed E-state index contributed by atoms with van der Waals surface area (Å²) in [4.78, 5) is 16.4. The average Bonchev–Trinajstić information content (AvgIpc) is 2.95. The molecule has 4 nitrogen and oxygen atoms in total. The lowest BCUT2D eigenvalue weighted by atomic mass is 10.1. The fraction of sp³-hybridized carbons (Fsp3) is 0.167. The number of fused-ring (bicyclic) bond motifs is 1. The lowest BCUT2D eigenvalue weighted by Gasteiger charge is -2.07. The molecule has 0 bridgehead atoms. The van der Waals surface area contributed by atoms with Crippen molar-refractivity contribution in [2.45, 2.75) is 13.1 Å². The third-order valence-corrected chi connectivity index (χ3v) is 3.97. The van der Waals surface area contributed by atoms with E-state index in [1.807, 2.05) is 0 Å². The molecule has 1 aromatic heterocycles. The second-order valence-electron chi connectivity index (χ2n) is 4.10. The number of amides is 1. The summed E-state index contributed by atoms with van der Waals surface area (Å²) < 4.78 is 14.3. The molecule has 3 rings (SSSR count). The van der Waals surface area contributed by atoms with Crippen LogP contribution in [-0.4, -0.2) is 10.9 Å². The summed E-state index contributed by atoms with van der Waals surface area (Å²) in [6.07, 6.45) is 1.66. The second-order valence-corrected chi connectivity index (χ2v) is 5.80. The lowest BCUT2D eigenvalue weighted by Crippen LogP contribution is -2.12. The number of thiazole rings is 1. The van der Waals surface area contributed by atoms with Crippen LogP contribution in [0, 0.1) is 5.82 Å². The van der Waals surface area contributed by atoms with Crippen LogP contribution in [0.15, 0.2) is 18.3 Å². The molecule has 0 fully saturated rings. The first-order valence-corrected chi connectivity index (χ1v) is 6.77. The zero-order valence-corrected chi connectivity index (χ0v) is 11.2. The number of nitrogens with one attached hydrogen (secondary N) is 2. The van der Waals surface area contributed by atoms with Crippen LogP contribution in [0.5, 0.6) is 0 Å². The summed E-state index contributed by atoms with van der Waals surface area (Å²) in [5.41, 5.74) is 1.39. The molecule has 1 aliphatic heterocycles. The van der Waals surface area contributed by atoms with Gasteiger partial charge in [0.05, 0.1) is 6.54 Å². The van der Waals surface area contributed by atoms with Crippen LogP contribution in [0.2, 0.25) is 4.47 Å². The molecule has 0 aliphatic carbocycles. The number of rotatable bonds is 3. The monoisotopic (exact) mass is 297 g/mol. The van der Waals surface area contributed by atoms with Crippen LogP contribution >= 0.6 is 22.9 Å². The van der Waals surface area contributed by atoms with Crippen molar-refractivity contribution in [3.63, 3.8) is 0 Å². The van der Waals surface area contributed by atoms with E-state index in [2.05, 4.69) is 15.6 Å². The zero-order chi connectivity index (χ0) is 13.4. The van der Waals surface area contributed by atoms with Crippen LogP contribution in [0.25, 0.3) is 0 Å². The van der Waals surface area contributed by atoms with Crippen LogP contribution in [0.4, 0.5) is 10.1 Å². The van der Waals surface area contributed by atoms with Gasteiger partial charge in [0.2, 0.25) is 0 Å². The summed E-state index contributed by atoms with van der Waals surface area (Å²) in [6, 6.07) is 3.05. The molecule has 0 radical (unpaired) electrons. The normalized spacial score (nSPS) is 13.3. The van der Waals surface area contributed by atoms with E-state index in [1.165, 1.54) is 17.4 Å². The maximum atomic E-state index is 13.8. The smallest absolute Gasteiger partial charge is 0.252 e. The van der Waals surface area contributed by atoms with Crippen LogP contribution in [0.1, 0.15) is 20.8 Å². The molecule has 0 unspecified atom stereocenters. The number of anilines is 1. The van der Waals surface area contributed by atoms with Gasteiger partial charge in [-0.25, -0.2) is 9.37 Å². The van der Waals surface area contributed by atoms with Gasteiger partial charge in [0.1, 0.15) is 5.82 Å². The number of carbonyl (C=O) groups excluding carboxylic acids is 1. The molecule has 1 aromatic carbocycles. The summed E-state index contributed by atoms with van der Waals surface area (Å²) in [5, 5.41) is 5.66. The molecule has 2 heterocycles. The number of nitrogens with zero attached hydrogens (tertiary/aromatic N) is 1. The predicted octanol–water partition coefficient (Wildman–Crippen LogP) is 2.79. The largest absolute Gasteiger partial charge is 0.380 e. The number of hydrogen-bond donors (Lipinski definition) is 2. The van der Waals surface area contributed by atoms with E-state index in [9.17, 15) is 9.18 Å². The summed E-state index contributed by atoms with van der Waals surface area (Å²) in [6.45, 7) is 0.745. The minimum absolute atomic E-state index is 0.238. The second kappa shape index (κ2) is 4.79. The van der Waals surface area contributed by atoms with Gasteiger partial charge >= 0.3 is 0 Å². The minimum atomic E-state index is -0.374. The van der Waals surface area contributed by atoms with Gasteiger partial charge in [0.15, 0.2) is 4.47 Å². The van der Waals surface area contributed by atoms with E-state index in [1.54, 1.807) is 12.3 Å². The SMILES string of the molecule is O=C1NCc2c(F)cc(NCc3cnc(Cl)s3)cc21. The topological polar surface area (TPSA) is 54.0 Å². The molecule has 0 atom stereocenters. The van der Waals surface area contributed by atoms with Gasteiger partial charge in [-0.05, 0) is 12.1 Å². The minimum Gasteiger partial charge on any atom is -0.380 e. The van der Waals surface area contributed by atoms with Crippen molar-refractivity contribution in [2.24, 2.45) is 0 Å². The highest BCUT2D eigenvalue weighted by Crippen LogP contribution is 2.25. The quantitative estimate of drug-likeness (QED) is 0.916. The first kappa shape index (κ1) is 12.4. The van der Waals surface area contributed by atoms with Crippen LogP contribution in [0.3, 0.4) is 0 Å². The molecule has 1 amide bonds. The maximum absolute atomic E-state index is 13.8. The Morgan fingerprint density at radius 3 is 3.11 bits per heavy atom. The van der Waals surface area contributed by atoms with Crippen molar-refractivity contribution in [3.8, 4) is 0 Å². The third-order valence-electron chi connectivity index (χ3n) is 2.86. The number of benzene rings is 1. The van der Waals surface area contributed by atoms with E-state index in [-0.39, 0.29) is 18.3 Å². The van der Waals surface area contributed by atoms with Crippen molar-refractivity contribution >= 4 is 34.5 Å². The van der Waals surface area contributed by atoms with Gasteiger partial charge in [0, 0.05) is 34.4 Å². The van der Waals surface area contributed by atoms with Gasteiger partial charge in [-0.2, -0.15) is 0 Å². The van der Waals surface area contributed by atoms with Gasteiger partial charge in [-0.3, -0.25) is 4.79 Å². The summed E-state index contributed by atoms with van der Waals surface area (Å²) >= 11 is 7.09. The van der Waals surface area contributed by atoms with Crippen LogP contribution < -0.4 is 10.6 Å². The van der Waals surface area contributed by atoms with E-state index in [4.69, 9.17) is 11.6 Å². The highest BCUT2D eigenvalue weighted by molar-refractivity contribution is 7.15. The molecule has 19 heavy (non-hydrogen) atoms. The van der Waals surface area contributed by atoms with Gasteiger partial charge in [-0.1, -0.05) is 11.6 Å². The lowest BCUT2D eigenvalue weighted by molar-refractivity contribution is 0.0966. The van der Waals surface area contributed by atoms with Crippen LogP contribution in [-0.2, 0) is 13.1 Å². The van der Waals surface area contributed by atoms with Crippen molar-refractivity contribution < 1.29 is 9.18 Å². The highest BCUT2D eigenvalue weighted by atomic mass is 35.5. The maximum Gasteiger partial charge on any atom is 0.252 e. The molecule has 0 saturated heterocycles. The van der Waals surface area contributed by atoms with Gasteiger partial charge < -0.3 is 10.6 Å². The highest BCUT2D eigenvalue weighted by Gasteiger charge is 2.22. The summed E-state index contributed by atoms with van der Waals surface area (Å²) in [7, 11) is 0. The van der Waals surface area contributed by atoms with E-state index in [0.717, 1.165) is 4.88 Å². The predicted molar refractivity (Wildman–Crippen MR) is 72.0 cm³/mol. The van der Waals surface area contributed by atoms with E-state index < -0.39 is 0 Å². The molecule has 2 N–H and O–H groups in total. The standard InChI is InChI=1S/C12H9ClFN3OS/c13-12-17-4-7(19-12)3-15-6-1-8-9(10(14)2-6)5-16-11(8)18/h1-2,4,15H,3,5H2,(H,16,18). The molecule has 1 aliphatic rings. The fourth-order valence-corrected chi connectivity index (χ4v) is 2.86. The first-order chi connectivity index (χ1) is 9.13. The van der Waals surface area contributed by atoms with Gasteiger partial charge in [0.25, 0.3) is 5.91 Å². The molecule has 0 saturated carbocycles. The molecular weight excluding hydrogens is 289 g/mol. The molecule has 0 spiro atoms. The molecule has 2 aromatic rings. The average molecular weight is 298 g/mol. The van der Waals surface area contributed by atoms with E-state index >= 15 is 0 Å². The van der Waals surface area contributed by atoms with E-state index in [0.29, 0.717) is 27.8 Å². The number of carbonyl (C=O) groups is 1. The molecule has 98 valence electrons. The van der Waals surface area contributed by atoms with Crippen molar-refractivity contribution in [3.05, 3.63) is 44.6 Å². The van der Waals surface area contributed by atoms with Crippen molar-refractivity contribution in [2.75, 3.05) is 5.32 Å². The Balaban J connectivity index is 1.80. The molecule has 7 heteroatoms. The molecular formula is C12H9ClFN3OS. The Morgan fingerprint density at radius 1 is 1.53 bits per heavy atom. The Labute approximate surface area is 117 Å². The number of aromatic nitrogens is 1. The fourth-order valence-electron chi connectivity index (χ4n) is 1.94. The first-order valence-electron chi connectivity index (χ1n) is 5.58. The number of hydrogen-bond acceptors (Lipinski definition) is 4. The summed E-state index contributed by atoms with van der Waals surface area (Å²) in [5.74, 6) is -0.612. The number of halogens is 2. The van der Waals surface area contributed by atoms with Crippen molar-refractivity contribution in [1.29, 1.82) is 0 Å². The van der Waals surface area contributed by atoms with Crippen molar-refractivity contribution in [1.82, 2.24) is 10.3 Å². The Morgan fingerprint density at radius 2 is 2.37 bits per heavy atom. The zero-order valence-electron chi connectivity index (χ0n) is 9.67.